The monoisotopic (exact) mass is 699 g/mol. The average Bonchev–Trinajstić information content (AvgIpc) is 3.89. The molecular formula is C50H29N5. The van der Waals surface area contributed by atoms with E-state index in [4.69, 9.17) is 6.57 Å². The van der Waals surface area contributed by atoms with Gasteiger partial charge in [0.25, 0.3) is 0 Å². The fourth-order valence-corrected chi connectivity index (χ4v) is 8.94. The van der Waals surface area contributed by atoms with Crippen molar-refractivity contribution in [3.05, 3.63) is 193 Å². The fraction of sp³-hybridized carbons (Fsp3) is 0. The van der Waals surface area contributed by atoms with Crippen molar-refractivity contribution in [3.63, 3.8) is 0 Å². The van der Waals surface area contributed by atoms with Crippen LogP contribution in [0.4, 0.5) is 5.69 Å². The molecule has 5 nitrogen and oxygen atoms in total. The Balaban J connectivity index is 1.25. The zero-order chi connectivity index (χ0) is 36.6. The normalized spacial score (nSPS) is 11.6. The SMILES string of the molecule is [C-]#[N+]c1cccc(-c2ccccc2-n2c3ccccc3c3c(-n4c5ccccc5c5ccccc54)cccc32)c1-n1c2ccccc2c2cccc(C#N)c21. The van der Waals surface area contributed by atoms with E-state index in [1.54, 1.807) is 0 Å². The van der Waals surface area contributed by atoms with E-state index >= 15 is 0 Å². The fourth-order valence-electron chi connectivity index (χ4n) is 8.94. The minimum absolute atomic E-state index is 0.513. The van der Waals surface area contributed by atoms with Crippen LogP contribution in [0.2, 0.25) is 0 Å². The van der Waals surface area contributed by atoms with Crippen molar-refractivity contribution in [2.45, 2.75) is 0 Å². The number of aromatic nitrogens is 3. The smallest absolute Gasteiger partial charge is 0.211 e. The van der Waals surface area contributed by atoms with Gasteiger partial charge < -0.3 is 13.7 Å². The van der Waals surface area contributed by atoms with Crippen LogP contribution in [0.5, 0.6) is 0 Å². The van der Waals surface area contributed by atoms with Crippen LogP contribution in [-0.4, -0.2) is 13.7 Å². The predicted molar refractivity (Wildman–Crippen MR) is 226 cm³/mol. The molecule has 0 saturated carbocycles. The molecule has 5 heteroatoms. The summed E-state index contributed by atoms with van der Waals surface area (Å²) < 4.78 is 6.91. The van der Waals surface area contributed by atoms with Crippen molar-refractivity contribution in [2.24, 2.45) is 0 Å². The molecular weight excluding hydrogens is 671 g/mol. The van der Waals surface area contributed by atoms with Crippen LogP contribution in [-0.2, 0) is 0 Å². The lowest BCUT2D eigenvalue weighted by Gasteiger charge is -2.20. The summed E-state index contributed by atoms with van der Waals surface area (Å²) in [5.74, 6) is 0. The summed E-state index contributed by atoms with van der Waals surface area (Å²) in [6.45, 7) is 8.42. The minimum atomic E-state index is 0.513. The first kappa shape index (κ1) is 30.7. The van der Waals surface area contributed by atoms with Crippen LogP contribution in [0.1, 0.15) is 5.56 Å². The first-order valence-electron chi connectivity index (χ1n) is 18.3. The lowest BCUT2D eigenvalue weighted by molar-refractivity contribution is 1.16. The Morgan fingerprint density at radius 2 is 0.891 bits per heavy atom. The van der Waals surface area contributed by atoms with E-state index in [-0.39, 0.29) is 0 Å². The molecule has 0 aliphatic heterocycles. The van der Waals surface area contributed by atoms with Gasteiger partial charge in [-0.1, -0.05) is 127 Å². The molecule has 0 atom stereocenters. The zero-order valence-corrected chi connectivity index (χ0v) is 29.5. The number of hydrogen-bond acceptors (Lipinski definition) is 1. The third-order valence-electron chi connectivity index (χ3n) is 11.1. The van der Waals surface area contributed by atoms with Crippen LogP contribution in [0, 0.1) is 17.9 Å². The maximum Gasteiger partial charge on any atom is 0.211 e. The van der Waals surface area contributed by atoms with Crippen molar-refractivity contribution in [3.8, 4) is 34.3 Å². The molecule has 11 aromatic rings. The highest BCUT2D eigenvalue weighted by Crippen LogP contribution is 2.45. The number of hydrogen-bond donors (Lipinski definition) is 0. The predicted octanol–water partition coefficient (Wildman–Crippen LogP) is 13.1. The Morgan fingerprint density at radius 1 is 0.418 bits per heavy atom. The number of benzene rings is 8. The second-order valence-corrected chi connectivity index (χ2v) is 13.9. The first-order chi connectivity index (χ1) is 27.3. The molecule has 3 heterocycles. The van der Waals surface area contributed by atoms with Gasteiger partial charge in [-0.25, -0.2) is 4.85 Å². The molecule has 0 radical (unpaired) electrons. The van der Waals surface area contributed by atoms with Crippen LogP contribution >= 0.6 is 0 Å². The molecule has 11 rings (SSSR count). The highest BCUT2D eigenvalue weighted by Gasteiger charge is 2.24. The van der Waals surface area contributed by atoms with E-state index in [9.17, 15) is 5.26 Å². The van der Waals surface area contributed by atoms with E-state index in [1.807, 2.05) is 36.4 Å². The standard InChI is InChI=1S/C50H29N5/c1-52-40-23-13-22-38(50(40)55-44-27-10-5-18-35(44)37-21-12-15-32(31-51)49(37)55)36-19-4-9-26-43(36)54-45-28-11-6-20-39(45)48-46(29-14-30-47(48)54)53-41-24-7-2-16-33(41)34-17-3-8-25-42(34)53/h2-30H. The molecule has 0 amide bonds. The third kappa shape index (κ3) is 4.27. The Bertz CT molecular complexity index is 3420. The number of nitriles is 1. The van der Waals surface area contributed by atoms with Crippen molar-refractivity contribution >= 4 is 71.1 Å². The molecule has 0 saturated heterocycles. The third-order valence-corrected chi connectivity index (χ3v) is 11.1. The van der Waals surface area contributed by atoms with Crippen molar-refractivity contribution in [1.82, 2.24) is 13.7 Å². The molecule has 0 bridgehead atoms. The second kappa shape index (κ2) is 11.8. The van der Waals surface area contributed by atoms with Gasteiger partial charge in [-0.2, -0.15) is 5.26 Å². The lowest BCUT2D eigenvalue weighted by atomic mass is 9.99. The molecule has 0 spiro atoms. The van der Waals surface area contributed by atoms with E-state index in [0.717, 1.165) is 82.8 Å². The molecule has 55 heavy (non-hydrogen) atoms. The van der Waals surface area contributed by atoms with Crippen LogP contribution in [0.25, 0.3) is 98.5 Å². The highest BCUT2D eigenvalue weighted by atomic mass is 15.0. The summed E-state index contributed by atoms with van der Waals surface area (Å²) in [4.78, 5) is 4.10. The first-order valence-corrected chi connectivity index (χ1v) is 18.3. The molecule has 254 valence electrons. The number of fused-ring (bicyclic) bond motifs is 9. The summed E-state index contributed by atoms with van der Waals surface area (Å²) in [7, 11) is 0. The molecule has 0 fully saturated rings. The minimum Gasteiger partial charge on any atom is -0.317 e. The van der Waals surface area contributed by atoms with Gasteiger partial charge in [0.1, 0.15) is 6.07 Å². The molecule has 3 aromatic heterocycles. The number of rotatable bonds is 4. The topological polar surface area (TPSA) is 42.9 Å². The maximum atomic E-state index is 10.4. The van der Waals surface area contributed by atoms with Gasteiger partial charge in [0.2, 0.25) is 5.69 Å². The van der Waals surface area contributed by atoms with Crippen molar-refractivity contribution in [1.29, 1.82) is 5.26 Å². The van der Waals surface area contributed by atoms with Gasteiger partial charge >= 0.3 is 0 Å². The maximum absolute atomic E-state index is 10.4. The van der Waals surface area contributed by atoms with Crippen LogP contribution < -0.4 is 0 Å². The highest BCUT2D eigenvalue weighted by molar-refractivity contribution is 6.17. The number of nitrogens with zero attached hydrogens (tertiary/aromatic N) is 5. The van der Waals surface area contributed by atoms with E-state index in [1.165, 1.54) is 10.8 Å². The lowest BCUT2D eigenvalue weighted by Crippen LogP contribution is -2.02. The van der Waals surface area contributed by atoms with E-state index in [0.29, 0.717) is 11.3 Å². The van der Waals surface area contributed by atoms with E-state index in [2.05, 4.69) is 164 Å². The molecule has 0 N–H and O–H groups in total. The quantitative estimate of drug-likeness (QED) is 0.169. The molecule has 0 aliphatic rings. The Morgan fingerprint density at radius 3 is 1.58 bits per heavy atom. The van der Waals surface area contributed by atoms with Gasteiger partial charge in [0, 0.05) is 37.9 Å². The number of para-hydroxylation sites is 7. The van der Waals surface area contributed by atoms with Gasteiger partial charge in [0.15, 0.2) is 0 Å². The summed E-state index contributed by atoms with van der Waals surface area (Å²) in [6.07, 6.45) is 0. The Labute approximate surface area is 316 Å². The molecule has 0 unspecified atom stereocenters. The molecule has 8 aromatic carbocycles. The summed E-state index contributed by atoms with van der Waals surface area (Å²) >= 11 is 0. The van der Waals surface area contributed by atoms with Crippen LogP contribution in [0.15, 0.2) is 176 Å². The van der Waals surface area contributed by atoms with E-state index < -0.39 is 0 Å². The zero-order valence-electron chi connectivity index (χ0n) is 29.5. The largest absolute Gasteiger partial charge is 0.317 e. The average molecular weight is 700 g/mol. The van der Waals surface area contributed by atoms with Gasteiger partial charge in [-0.3, -0.25) is 0 Å². The van der Waals surface area contributed by atoms with Crippen molar-refractivity contribution in [2.75, 3.05) is 0 Å². The Kier molecular flexibility index (Phi) is 6.61. The van der Waals surface area contributed by atoms with Gasteiger partial charge in [0.05, 0.1) is 62.3 Å². The van der Waals surface area contributed by atoms with Gasteiger partial charge in [-0.15, -0.1) is 0 Å². The van der Waals surface area contributed by atoms with Gasteiger partial charge in [-0.05, 0) is 54.1 Å². The molecule has 0 aliphatic carbocycles. The Hall–Kier alpha value is -7.86. The van der Waals surface area contributed by atoms with Crippen molar-refractivity contribution < 1.29 is 0 Å². The second-order valence-electron chi connectivity index (χ2n) is 13.9. The summed E-state index contributed by atoms with van der Waals surface area (Å²) in [5, 5.41) is 17.2. The van der Waals surface area contributed by atoms with Crippen LogP contribution in [0.3, 0.4) is 0 Å². The summed E-state index contributed by atoms with van der Waals surface area (Å²) in [6, 6.07) is 63.5. The summed E-state index contributed by atoms with van der Waals surface area (Å²) in [5.41, 5.74) is 12.1.